The maximum Gasteiger partial charge on any atom is 0.240 e. The molecular weight excluding hydrogens is 372 g/mol. The van der Waals surface area contributed by atoms with E-state index in [2.05, 4.69) is 4.72 Å². The fourth-order valence-corrected chi connectivity index (χ4v) is 4.86. The molecule has 0 radical (unpaired) electrons. The summed E-state index contributed by atoms with van der Waals surface area (Å²) in [5, 5.41) is 0. The van der Waals surface area contributed by atoms with Crippen LogP contribution in [0.25, 0.3) is 0 Å². The number of benzene rings is 1. The molecule has 26 heavy (non-hydrogen) atoms. The lowest BCUT2D eigenvalue weighted by molar-refractivity contribution is -0.118. The largest absolute Gasteiger partial charge is 0.468 e. The van der Waals surface area contributed by atoms with Gasteiger partial charge in [0.1, 0.15) is 5.76 Å². The molecule has 1 N–H and O–H groups in total. The van der Waals surface area contributed by atoms with Crippen LogP contribution in [0.15, 0.2) is 45.9 Å². The van der Waals surface area contributed by atoms with Crippen molar-refractivity contribution in [1.82, 2.24) is 4.72 Å². The van der Waals surface area contributed by atoms with Gasteiger partial charge >= 0.3 is 0 Å². The molecule has 1 aromatic heterocycles. The average molecular weight is 395 g/mol. The summed E-state index contributed by atoms with van der Waals surface area (Å²) in [6, 6.07) is 8.71. The minimum absolute atomic E-state index is 0.0612. The van der Waals surface area contributed by atoms with Gasteiger partial charge in [-0.2, -0.15) is 11.8 Å². The average Bonchev–Trinajstić information content (AvgIpc) is 3.29. The molecule has 1 aliphatic heterocycles. The molecule has 0 bridgehead atoms. The molecule has 1 aromatic carbocycles. The van der Waals surface area contributed by atoms with E-state index in [9.17, 15) is 13.2 Å². The quantitative estimate of drug-likeness (QED) is 0.697. The van der Waals surface area contributed by atoms with Gasteiger partial charge in [-0.3, -0.25) is 4.79 Å². The summed E-state index contributed by atoms with van der Waals surface area (Å²) in [7, 11) is -3.55. The SMILES string of the molecule is CCC(=O)N1CCc2cc(S(=O)(=O)NCCSCc3ccco3)ccc21. The van der Waals surface area contributed by atoms with E-state index < -0.39 is 10.0 Å². The van der Waals surface area contributed by atoms with Crippen molar-refractivity contribution in [3.05, 3.63) is 47.9 Å². The van der Waals surface area contributed by atoms with E-state index in [0.29, 0.717) is 31.7 Å². The molecule has 0 saturated carbocycles. The maximum absolute atomic E-state index is 12.5. The van der Waals surface area contributed by atoms with Crippen LogP contribution < -0.4 is 9.62 Å². The molecule has 0 spiro atoms. The van der Waals surface area contributed by atoms with Crippen molar-refractivity contribution in [3.63, 3.8) is 0 Å². The fourth-order valence-electron chi connectivity index (χ4n) is 2.89. The van der Waals surface area contributed by atoms with Gasteiger partial charge in [0.2, 0.25) is 15.9 Å². The molecule has 1 amide bonds. The molecule has 0 fully saturated rings. The van der Waals surface area contributed by atoms with Crippen LogP contribution in [0.2, 0.25) is 0 Å². The molecule has 0 aliphatic carbocycles. The predicted octanol–water partition coefficient (Wildman–Crippen LogP) is 2.79. The molecule has 1 aliphatic rings. The second-order valence-corrected chi connectivity index (χ2v) is 8.84. The Balaban J connectivity index is 1.57. The third kappa shape index (κ3) is 4.31. The van der Waals surface area contributed by atoms with Crippen molar-refractivity contribution in [2.45, 2.75) is 30.4 Å². The number of thioether (sulfide) groups is 1. The summed E-state index contributed by atoms with van der Waals surface area (Å²) in [6.07, 6.45) is 2.75. The third-order valence-corrected chi connectivity index (χ3v) is 6.66. The van der Waals surface area contributed by atoms with E-state index in [1.54, 1.807) is 41.1 Å². The van der Waals surface area contributed by atoms with Crippen LogP contribution in [0.1, 0.15) is 24.7 Å². The zero-order valence-corrected chi connectivity index (χ0v) is 16.2. The molecule has 0 atom stereocenters. The number of carbonyl (C=O) groups is 1. The van der Waals surface area contributed by atoms with Crippen LogP contribution in [0.4, 0.5) is 5.69 Å². The number of nitrogens with zero attached hydrogens (tertiary/aromatic N) is 1. The number of rotatable bonds is 8. The first-order chi connectivity index (χ1) is 12.5. The van der Waals surface area contributed by atoms with Crippen molar-refractivity contribution in [1.29, 1.82) is 0 Å². The lowest BCUT2D eigenvalue weighted by Crippen LogP contribution is -2.28. The first-order valence-electron chi connectivity index (χ1n) is 8.54. The molecule has 0 unspecified atom stereocenters. The highest BCUT2D eigenvalue weighted by Gasteiger charge is 2.25. The van der Waals surface area contributed by atoms with E-state index in [0.717, 1.165) is 22.8 Å². The summed E-state index contributed by atoms with van der Waals surface area (Å²) in [6.45, 7) is 2.79. The van der Waals surface area contributed by atoms with E-state index in [1.165, 1.54) is 0 Å². The summed E-state index contributed by atoms with van der Waals surface area (Å²) in [5.41, 5.74) is 1.73. The first-order valence-corrected chi connectivity index (χ1v) is 11.2. The van der Waals surface area contributed by atoms with Gasteiger partial charge in [0.25, 0.3) is 0 Å². The Labute approximate surface area is 158 Å². The summed E-state index contributed by atoms with van der Waals surface area (Å²) < 4.78 is 32.8. The molecule has 140 valence electrons. The second kappa shape index (κ2) is 8.28. The maximum atomic E-state index is 12.5. The van der Waals surface area contributed by atoms with E-state index in [4.69, 9.17) is 4.42 Å². The van der Waals surface area contributed by atoms with Crippen molar-refractivity contribution >= 4 is 33.4 Å². The molecule has 8 heteroatoms. The van der Waals surface area contributed by atoms with Crippen LogP contribution in [-0.4, -0.2) is 33.2 Å². The third-order valence-electron chi connectivity index (χ3n) is 4.22. The zero-order chi connectivity index (χ0) is 18.6. The number of nitrogens with one attached hydrogen (secondary N) is 1. The highest BCUT2D eigenvalue weighted by molar-refractivity contribution is 7.98. The molecule has 2 aromatic rings. The van der Waals surface area contributed by atoms with Crippen LogP contribution in [0.5, 0.6) is 0 Å². The topological polar surface area (TPSA) is 79.6 Å². The minimum atomic E-state index is -3.55. The lowest BCUT2D eigenvalue weighted by Gasteiger charge is -2.16. The van der Waals surface area contributed by atoms with Gasteiger partial charge in [-0.1, -0.05) is 6.92 Å². The van der Waals surface area contributed by atoms with Crippen LogP contribution in [0.3, 0.4) is 0 Å². The van der Waals surface area contributed by atoms with Crippen molar-refractivity contribution < 1.29 is 17.6 Å². The van der Waals surface area contributed by atoms with Crippen molar-refractivity contribution in [3.8, 4) is 0 Å². The predicted molar refractivity (Wildman–Crippen MR) is 103 cm³/mol. The molecule has 0 saturated heterocycles. The first kappa shape index (κ1) is 19.0. The Bertz CT molecular complexity index is 863. The Kier molecular flexibility index (Phi) is 6.05. The monoisotopic (exact) mass is 394 g/mol. The Morgan fingerprint density at radius 3 is 2.92 bits per heavy atom. The van der Waals surface area contributed by atoms with Gasteiger partial charge in [-0.25, -0.2) is 13.1 Å². The number of hydrogen-bond donors (Lipinski definition) is 1. The molecule has 3 rings (SSSR count). The van der Waals surface area contributed by atoms with Crippen LogP contribution in [-0.2, 0) is 27.0 Å². The summed E-state index contributed by atoms with van der Waals surface area (Å²) in [4.78, 5) is 13.9. The van der Waals surface area contributed by atoms with E-state index >= 15 is 0 Å². The summed E-state index contributed by atoms with van der Waals surface area (Å²) >= 11 is 1.61. The number of anilines is 1. The van der Waals surface area contributed by atoms with Crippen molar-refractivity contribution in [2.75, 3.05) is 23.7 Å². The van der Waals surface area contributed by atoms with Gasteiger partial charge in [0, 0.05) is 31.0 Å². The smallest absolute Gasteiger partial charge is 0.240 e. The standard InChI is InChI=1S/C18H22N2O4S2/c1-2-18(21)20-9-7-14-12-16(5-6-17(14)20)26(22,23)19-8-11-25-13-15-4-3-10-24-15/h3-6,10,12,19H,2,7-9,11,13H2,1H3. The molecular formula is C18H22N2O4S2. The molecule has 2 heterocycles. The highest BCUT2D eigenvalue weighted by atomic mass is 32.2. The normalized spacial score (nSPS) is 13.8. The van der Waals surface area contributed by atoms with Crippen LogP contribution in [0, 0.1) is 0 Å². The molecule has 6 nitrogen and oxygen atoms in total. The number of carbonyl (C=O) groups excluding carboxylic acids is 1. The van der Waals surface area contributed by atoms with Gasteiger partial charge in [0.15, 0.2) is 0 Å². The number of sulfonamides is 1. The Morgan fingerprint density at radius 2 is 2.19 bits per heavy atom. The Morgan fingerprint density at radius 1 is 1.35 bits per heavy atom. The van der Waals surface area contributed by atoms with Gasteiger partial charge in [0.05, 0.1) is 16.9 Å². The van der Waals surface area contributed by atoms with Crippen molar-refractivity contribution in [2.24, 2.45) is 0 Å². The van der Waals surface area contributed by atoms with Gasteiger partial charge in [-0.05, 0) is 42.3 Å². The fraction of sp³-hybridized carbons (Fsp3) is 0.389. The van der Waals surface area contributed by atoms with E-state index in [-0.39, 0.29) is 10.8 Å². The van der Waals surface area contributed by atoms with Crippen LogP contribution >= 0.6 is 11.8 Å². The van der Waals surface area contributed by atoms with Gasteiger partial charge in [-0.15, -0.1) is 0 Å². The lowest BCUT2D eigenvalue weighted by atomic mass is 10.2. The number of furan rings is 1. The minimum Gasteiger partial charge on any atom is -0.468 e. The number of amides is 1. The summed E-state index contributed by atoms with van der Waals surface area (Å²) in [5.74, 6) is 2.31. The van der Waals surface area contributed by atoms with Gasteiger partial charge < -0.3 is 9.32 Å². The number of fused-ring (bicyclic) bond motifs is 1. The van der Waals surface area contributed by atoms with E-state index in [1.807, 2.05) is 19.1 Å². The highest BCUT2D eigenvalue weighted by Crippen LogP contribution is 2.30. The zero-order valence-electron chi connectivity index (χ0n) is 14.6. The second-order valence-electron chi connectivity index (χ2n) is 5.97. The Hall–Kier alpha value is -1.77. The number of hydrogen-bond acceptors (Lipinski definition) is 5.